The number of nitrogens with zero attached hydrogens (tertiary/aromatic N) is 2. The summed E-state index contributed by atoms with van der Waals surface area (Å²) in [5.41, 5.74) is 1.12. The van der Waals surface area contributed by atoms with Gasteiger partial charge in [-0.15, -0.1) is 11.3 Å². The highest BCUT2D eigenvalue weighted by Crippen LogP contribution is 2.10. The average Bonchev–Trinajstić information content (AvgIpc) is 2.85. The molecule has 1 aromatic rings. The molecular formula is C15H28N4S. The van der Waals surface area contributed by atoms with Crippen LogP contribution in [0.4, 0.5) is 0 Å². The van der Waals surface area contributed by atoms with Gasteiger partial charge in [-0.05, 0) is 26.7 Å². The van der Waals surface area contributed by atoms with Crippen molar-refractivity contribution in [1.29, 1.82) is 0 Å². The number of guanidine groups is 1. The molecule has 20 heavy (non-hydrogen) atoms. The molecule has 0 saturated carbocycles. The molecule has 0 aliphatic carbocycles. The monoisotopic (exact) mass is 296 g/mol. The van der Waals surface area contributed by atoms with Gasteiger partial charge in [0.05, 0.1) is 5.01 Å². The van der Waals surface area contributed by atoms with Gasteiger partial charge >= 0.3 is 0 Å². The number of aryl methyl sites for hydroxylation is 2. The maximum atomic E-state index is 4.60. The van der Waals surface area contributed by atoms with Crippen LogP contribution in [0.1, 0.15) is 50.2 Å². The minimum atomic E-state index is 0.849. The van der Waals surface area contributed by atoms with Crippen molar-refractivity contribution in [2.75, 3.05) is 19.6 Å². The van der Waals surface area contributed by atoms with E-state index in [-0.39, 0.29) is 0 Å². The fourth-order valence-electron chi connectivity index (χ4n) is 1.86. The second kappa shape index (κ2) is 10.7. The maximum absolute atomic E-state index is 4.60. The number of hydrogen-bond acceptors (Lipinski definition) is 3. The van der Waals surface area contributed by atoms with Crippen LogP contribution < -0.4 is 10.6 Å². The Morgan fingerprint density at radius 2 is 2.10 bits per heavy atom. The van der Waals surface area contributed by atoms with Crippen molar-refractivity contribution in [2.24, 2.45) is 4.99 Å². The molecule has 0 radical (unpaired) electrons. The normalized spacial score (nSPS) is 11.7. The van der Waals surface area contributed by atoms with Gasteiger partial charge in [0.2, 0.25) is 0 Å². The van der Waals surface area contributed by atoms with E-state index >= 15 is 0 Å². The van der Waals surface area contributed by atoms with E-state index in [2.05, 4.69) is 39.8 Å². The van der Waals surface area contributed by atoms with E-state index in [9.17, 15) is 0 Å². The van der Waals surface area contributed by atoms with Crippen LogP contribution in [0.2, 0.25) is 0 Å². The zero-order valence-electron chi connectivity index (χ0n) is 13.0. The highest BCUT2D eigenvalue weighted by atomic mass is 32.1. The van der Waals surface area contributed by atoms with Gasteiger partial charge in [0.1, 0.15) is 0 Å². The summed E-state index contributed by atoms with van der Waals surface area (Å²) in [6.45, 7) is 9.13. The summed E-state index contributed by atoms with van der Waals surface area (Å²) in [5, 5.41) is 10.0. The predicted molar refractivity (Wildman–Crippen MR) is 88.7 cm³/mol. The number of rotatable bonds is 9. The molecule has 1 rings (SSSR count). The number of aromatic nitrogens is 1. The van der Waals surface area contributed by atoms with Crippen LogP contribution in [0.25, 0.3) is 0 Å². The predicted octanol–water partition coefficient (Wildman–Crippen LogP) is 3.13. The zero-order chi connectivity index (χ0) is 14.6. The molecule has 1 aromatic heterocycles. The van der Waals surface area contributed by atoms with E-state index in [0.29, 0.717) is 0 Å². The molecule has 0 atom stereocenters. The number of nitrogens with one attached hydrogen (secondary N) is 2. The fraction of sp³-hybridized carbons (Fsp3) is 0.733. The van der Waals surface area contributed by atoms with E-state index in [0.717, 1.165) is 44.1 Å². The van der Waals surface area contributed by atoms with E-state index in [1.165, 1.54) is 24.3 Å². The van der Waals surface area contributed by atoms with Crippen molar-refractivity contribution in [3.8, 4) is 0 Å². The van der Waals surface area contributed by atoms with E-state index in [1.54, 1.807) is 11.3 Å². The van der Waals surface area contributed by atoms with Gasteiger partial charge in [-0.2, -0.15) is 0 Å². The van der Waals surface area contributed by atoms with Gasteiger partial charge in [-0.1, -0.05) is 19.8 Å². The molecule has 0 saturated heterocycles. The van der Waals surface area contributed by atoms with Crippen LogP contribution in [-0.2, 0) is 6.42 Å². The summed E-state index contributed by atoms with van der Waals surface area (Å²) in [6, 6.07) is 0. The SMILES string of the molecule is CCCCCNC(=NCCCc1nc(C)cs1)NCC. The third-order valence-electron chi connectivity index (χ3n) is 2.90. The topological polar surface area (TPSA) is 49.3 Å². The highest BCUT2D eigenvalue weighted by Gasteiger charge is 1.99. The van der Waals surface area contributed by atoms with Gasteiger partial charge in [0.25, 0.3) is 0 Å². The van der Waals surface area contributed by atoms with Crippen LogP contribution in [0.5, 0.6) is 0 Å². The molecule has 0 aromatic carbocycles. The molecule has 0 unspecified atom stereocenters. The van der Waals surface area contributed by atoms with Crippen LogP contribution in [-0.4, -0.2) is 30.6 Å². The lowest BCUT2D eigenvalue weighted by molar-refractivity contribution is 0.681. The third kappa shape index (κ3) is 7.48. The van der Waals surface area contributed by atoms with E-state index < -0.39 is 0 Å². The second-order valence-electron chi connectivity index (χ2n) is 4.88. The minimum absolute atomic E-state index is 0.849. The molecule has 5 heteroatoms. The van der Waals surface area contributed by atoms with Gasteiger partial charge in [0, 0.05) is 37.1 Å². The van der Waals surface area contributed by atoms with Crippen LogP contribution in [0.3, 0.4) is 0 Å². The molecule has 0 fully saturated rings. The third-order valence-corrected chi connectivity index (χ3v) is 3.93. The lowest BCUT2D eigenvalue weighted by Crippen LogP contribution is -2.37. The molecule has 0 amide bonds. The number of aliphatic imine (C=N–C) groups is 1. The Labute approximate surface area is 127 Å². The zero-order valence-corrected chi connectivity index (χ0v) is 13.9. The molecule has 2 N–H and O–H groups in total. The largest absolute Gasteiger partial charge is 0.357 e. The quantitative estimate of drug-likeness (QED) is 0.418. The van der Waals surface area contributed by atoms with Gasteiger partial charge in [0.15, 0.2) is 5.96 Å². The molecule has 114 valence electrons. The van der Waals surface area contributed by atoms with E-state index in [1.807, 2.05) is 6.92 Å². The van der Waals surface area contributed by atoms with Crippen molar-refractivity contribution < 1.29 is 0 Å². The van der Waals surface area contributed by atoms with Gasteiger partial charge in [-0.25, -0.2) is 4.98 Å². The molecule has 1 heterocycles. The second-order valence-corrected chi connectivity index (χ2v) is 5.82. The summed E-state index contributed by atoms with van der Waals surface area (Å²) >= 11 is 1.75. The molecule has 4 nitrogen and oxygen atoms in total. The van der Waals surface area contributed by atoms with Crippen LogP contribution in [0.15, 0.2) is 10.4 Å². The van der Waals surface area contributed by atoms with Crippen molar-refractivity contribution >= 4 is 17.3 Å². The van der Waals surface area contributed by atoms with Crippen LogP contribution >= 0.6 is 11.3 Å². The van der Waals surface area contributed by atoms with Crippen LogP contribution in [0, 0.1) is 6.92 Å². The average molecular weight is 296 g/mol. The Bertz CT molecular complexity index is 387. The molecule has 0 bridgehead atoms. The Balaban J connectivity index is 2.23. The lowest BCUT2D eigenvalue weighted by Gasteiger charge is -2.10. The van der Waals surface area contributed by atoms with Gasteiger partial charge < -0.3 is 10.6 Å². The summed E-state index contributed by atoms with van der Waals surface area (Å²) in [6.07, 6.45) is 5.81. The summed E-state index contributed by atoms with van der Waals surface area (Å²) in [5.74, 6) is 0.943. The molecule has 0 aliphatic heterocycles. The fourth-order valence-corrected chi connectivity index (χ4v) is 2.68. The van der Waals surface area contributed by atoms with Crippen molar-refractivity contribution in [2.45, 2.75) is 52.9 Å². The first-order valence-corrected chi connectivity index (χ1v) is 8.57. The molecule has 0 aliphatic rings. The van der Waals surface area contributed by atoms with Crippen molar-refractivity contribution in [3.63, 3.8) is 0 Å². The number of unbranched alkanes of at least 4 members (excludes halogenated alkanes) is 2. The summed E-state index contributed by atoms with van der Waals surface area (Å²) in [7, 11) is 0. The lowest BCUT2D eigenvalue weighted by atomic mass is 10.2. The number of thiazole rings is 1. The highest BCUT2D eigenvalue weighted by molar-refractivity contribution is 7.09. The number of hydrogen-bond donors (Lipinski definition) is 2. The molecule has 0 spiro atoms. The first-order valence-electron chi connectivity index (χ1n) is 7.69. The summed E-state index contributed by atoms with van der Waals surface area (Å²) in [4.78, 5) is 9.08. The molecular weight excluding hydrogens is 268 g/mol. The standard InChI is InChI=1S/C15H28N4S/c1-4-6-7-10-17-15(16-5-2)18-11-8-9-14-19-13(3)12-20-14/h12H,4-11H2,1-3H3,(H2,16,17,18). The Kier molecular flexibility index (Phi) is 9.04. The smallest absolute Gasteiger partial charge is 0.191 e. The maximum Gasteiger partial charge on any atom is 0.191 e. The Hall–Kier alpha value is -1.10. The first-order chi connectivity index (χ1) is 9.76. The van der Waals surface area contributed by atoms with Gasteiger partial charge in [-0.3, -0.25) is 4.99 Å². The van der Waals surface area contributed by atoms with Crippen molar-refractivity contribution in [3.05, 3.63) is 16.1 Å². The van der Waals surface area contributed by atoms with Crippen molar-refractivity contribution in [1.82, 2.24) is 15.6 Å². The van der Waals surface area contributed by atoms with E-state index in [4.69, 9.17) is 0 Å². The minimum Gasteiger partial charge on any atom is -0.357 e. The Morgan fingerprint density at radius 3 is 2.75 bits per heavy atom. The summed E-state index contributed by atoms with van der Waals surface area (Å²) < 4.78 is 0. The Morgan fingerprint density at radius 1 is 1.25 bits per heavy atom. The first kappa shape index (κ1) is 17.0.